The van der Waals surface area contributed by atoms with Crippen LogP contribution in [0.5, 0.6) is 0 Å². The molecule has 4 amide bonds. The summed E-state index contributed by atoms with van der Waals surface area (Å²) in [5.41, 5.74) is 0.740. The number of benzene rings is 1. The second kappa shape index (κ2) is 13.8. The molecular weight excluding hydrogens is 526 g/mol. The lowest BCUT2D eigenvalue weighted by molar-refractivity contribution is -0.129. The van der Waals surface area contributed by atoms with Crippen LogP contribution >= 0.6 is 0 Å². The van der Waals surface area contributed by atoms with E-state index in [1.165, 1.54) is 12.3 Å². The number of nitrogens with one attached hydrogen (secondary N) is 3. The molecule has 1 unspecified atom stereocenters. The van der Waals surface area contributed by atoms with E-state index in [1.807, 2.05) is 25.2 Å². The average Bonchev–Trinajstić information content (AvgIpc) is 3.09. The Morgan fingerprint density at radius 1 is 1.10 bits per heavy atom. The monoisotopic (exact) mass is 559 g/mol. The largest absolute Gasteiger partial charge is 0.444 e. The first-order chi connectivity index (χ1) is 18.6. The summed E-state index contributed by atoms with van der Waals surface area (Å²) in [5.74, 6) is -1.09. The van der Waals surface area contributed by atoms with Crippen LogP contribution in [0.15, 0.2) is 59.8 Å². The molecule has 0 radical (unpaired) electrons. The van der Waals surface area contributed by atoms with Gasteiger partial charge in [0.1, 0.15) is 12.6 Å². The van der Waals surface area contributed by atoms with Gasteiger partial charge < -0.3 is 15.4 Å². The smallest absolute Gasteiger partial charge is 0.415 e. The minimum Gasteiger partial charge on any atom is -0.444 e. The lowest BCUT2D eigenvalue weighted by Crippen LogP contribution is -2.55. The van der Waals surface area contributed by atoms with Gasteiger partial charge in [0.25, 0.3) is 10.0 Å². The van der Waals surface area contributed by atoms with E-state index in [9.17, 15) is 27.6 Å². The maximum atomic E-state index is 13.1. The Balaban J connectivity index is 1.57. The van der Waals surface area contributed by atoms with E-state index in [4.69, 9.17) is 4.74 Å². The van der Waals surface area contributed by atoms with Crippen molar-refractivity contribution in [3.05, 3.63) is 60.3 Å². The predicted octanol–water partition coefficient (Wildman–Crippen LogP) is 1.97. The molecule has 1 aromatic heterocycles. The standard InChI is InChI=1S/C26H33N5O7S/c1-18(2)15-21(29-25(34)30-26(35)38-17-19-9-4-3-5-10-19)24(33)28-20-11-8-14-31(16-22(20)32)39(36,37)23-12-6-7-13-27-23/h3-7,9-10,12-13,18,20-21H,8,11,14-17H2,1-2H3,(H,28,33)(H2,29,30,34,35)/t20?,21-/m0/s1. The zero-order chi connectivity index (χ0) is 28.4. The van der Waals surface area contributed by atoms with Gasteiger partial charge >= 0.3 is 12.1 Å². The van der Waals surface area contributed by atoms with Crippen LogP contribution in [0.1, 0.15) is 38.7 Å². The van der Waals surface area contributed by atoms with Crippen LogP contribution in [0, 0.1) is 5.92 Å². The number of Topliss-reactive ketones (excluding diaryl/α,β-unsaturated/α-hetero) is 1. The van der Waals surface area contributed by atoms with Crippen molar-refractivity contribution in [3.63, 3.8) is 0 Å². The van der Waals surface area contributed by atoms with E-state index in [0.717, 1.165) is 9.87 Å². The molecule has 3 N–H and O–H groups in total. The molecule has 0 bridgehead atoms. The summed E-state index contributed by atoms with van der Waals surface area (Å²) in [6.45, 7) is 3.35. The van der Waals surface area contributed by atoms with Gasteiger partial charge in [-0.3, -0.25) is 9.59 Å². The van der Waals surface area contributed by atoms with Crippen LogP contribution in [-0.2, 0) is 31.0 Å². The summed E-state index contributed by atoms with van der Waals surface area (Å²) in [6, 6.07) is 10.5. The number of hydrogen-bond acceptors (Lipinski definition) is 8. The van der Waals surface area contributed by atoms with E-state index < -0.39 is 52.5 Å². The van der Waals surface area contributed by atoms with Gasteiger partial charge in [0.2, 0.25) is 5.91 Å². The maximum Gasteiger partial charge on any atom is 0.415 e. The minimum atomic E-state index is -3.97. The zero-order valence-electron chi connectivity index (χ0n) is 21.8. The molecule has 3 rings (SSSR count). The fourth-order valence-electron chi connectivity index (χ4n) is 4.01. The lowest BCUT2D eigenvalue weighted by Gasteiger charge is -2.23. The quantitative estimate of drug-likeness (QED) is 0.420. The Labute approximate surface area is 227 Å². The van der Waals surface area contributed by atoms with Crippen LogP contribution in [-0.4, -0.2) is 66.7 Å². The number of nitrogens with zero attached hydrogens (tertiary/aromatic N) is 2. The SMILES string of the molecule is CC(C)C[C@H](NC(=O)NC(=O)OCc1ccccc1)C(=O)NC1CCCN(S(=O)(=O)c2ccccn2)CC1=O. The Bertz CT molecular complexity index is 1260. The number of amides is 4. The van der Waals surface area contributed by atoms with Crippen LogP contribution in [0.3, 0.4) is 0 Å². The molecule has 2 heterocycles. The molecule has 1 aliphatic rings. The summed E-state index contributed by atoms with van der Waals surface area (Å²) in [4.78, 5) is 54.3. The number of carbonyl (C=O) groups is 4. The van der Waals surface area contributed by atoms with Gasteiger partial charge in [-0.15, -0.1) is 0 Å². The summed E-state index contributed by atoms with van der Waals surface area (Å²) in [7, 11) is -3.97. The van der Waals surface area contributed by atoms with Gasteiger partial charge in [0, 0.05) is 12.7 Å². The highest BCUT2D eigenvalue weighted by atomic mass is 32.2. The number of imide groups is 1. The first-order valence-corrected chi connectivity index (χ1v) is 14.0. The number of urea groups is 1. The van der Waals surface area contributed by atoms with E-state index in [2.05, 4.69) is 15.6 Å². The fourth-order valence-corrected chi connectivity index (χ4v) is 5.38. The van der Waals surface area contributed by atoms with Gasteiger partial charge in [-0.1, -0.05) is 50.2 Å². The molecule has 0 aliphatic carbocycles. The summed E-state index contributed by atoms with van der Waals surface area (Å²) >= 11 is 0. The van der Waals surface area contributed by atoms with Gasteiger partial charge in [-0.25, -0.2) is 28.3 Å². The number of ketones is 1. The highest BCUT2D eigenvalue weighted by Crippen LogP contribution is 2.18. The molecule has 1 fully saturated rings. The molecule has 12 nitrogen and oxygen atoms in total. The van der Waals surface area contributed by atoms with Crippen LogP contribution in [0.4, 0.5) is 9.59 Å². The van der Waals surface area contributed by atoms with Crippen LogP contribution in [0.2, 0.25) is 0 Å². The summed E-state index contributed by atoms with van der Waals surface area (Å²) in [6.07, 6.45) is 1.17. The third kappa shape index (κ3) is 8.86. The lowest BCUT2D eigenvalue weighted by atomic mass is 10.0. The molecule has 13 heteroatoms. The van der Waals surface area contributed by atoms with Crippen LogP contribution < -0.4 is 16.0 Å². The maximum absolute atomic E-state index is 13.1. The first kappa shape index (κ1) is 29.7. The van der Waals surface area contributed by atoms with Crippen molar-refractivity contribution in [2.45, 2.75) is 56.8 Å². The second-order valence-corrected chi connectivity index (χ2v) is 11.4. The molecule has 39 heavy (non-hydrogen) atoms. The third-order valence-electron chi connectivity index (χ3n) is 5.94. The number of aromatic nitrogens is 1. The molecular formula is C26H33N5O7S. The van der Waals surface area contributed by atoms with Gasteiger partial charge in [-0.05, 0) is 42.9 Å². The number of rotatable bonds is 9. The third-order valence-corrected chi connectivity index (χ3v) is 7.70. The second-order valence-electron chi connectivity index (χ2n) is 9.52. The number of alkyl carbamates (subject to hydrolysis) is 1. The fraction of sp³-hybridized carbons (Fsp3) is 0.423. The zero-order valence-corrected chi connectivity index (χ0v) is 22.6. The topological polar surface area (TPSA) is 164 Å². The Morgan fingerprint density at radius 3 is 2.49 bits per heavy atom. The first-order valence-electron chi connectivity index (χ1n) is 12.6. The molecule has 210 valence electrons. The highest BCUT2D eigenvalue weighted by molar-refractivity contribution is 7.89. The Morgan fingerprint density at radius 2 is 1.82 bits per heavy atom. The molecule has 1 aromatic carbocycles. The normalized spacial score (nSPS) is 17.1. The van der Waals surface area contributed by atoms with Crippen molar-refractivity contribution in [1.29, 1.82) is 0 Å². The number of sulfonamides is 1. The van der Waals surface area contributed by atoms with Crippen molar-refractivity contribution < 1.29 is 32.3 Å². The molecule has 1 saturated heterocycles. The Hall–Kier alpha value is -3.84. The average molecular weight is 560 g/mol. The summed E-state index contributed by atoms with van der Waals surface area (Å²) < 4.78 is 31.9. The summed E-state index contributed by atoms with van der Waals surface area (Å²) in [5, 5.41) is 6.98. The predicted molar refractivity (Wildman–Crippen MR) is 141 cm³/mol. The van der Waals surface area contributed by atoms with E-state index in [1.54, 1.807) is 36.4 Å². The van der Waals surface area contributed by atoms with Crippen molar-refractivity contribution in [2.24, 2.45) is 5.92 Å². The van der Waals surface area contributed by atoms with Gasteiger partial charge in [-0.2, -0.15) is 4.31 Å². The van der Waals surface area contributed by atoms with E-state index in [0.29, 0.717) is 6.42 Å². The number of ether oxygens (including phenoxy) is 1. The van der Waals surface area contributed by atoms with Gasteiger partial charge in [0.15, 0.2) is 10.8 Å². The van der Waals surface area contributed by atoms with E-state index >= 15 is 0 Å². The molecule has 0 spiro atoms. The highest BCUT2D eigenvalue weighted by Gasteiger charge is 2.34. The molecule has 2 aromatic rings. The molecule has 0 saturated carbocycles. The minimum absolute atomic E-state index is 0.00470. The number of carbonyl (C=O) groups excluding carboxylic acids is 4. The Kier molecular flexibility index (Phi) is 10.5. The molecule has 2 atom stereocenters. The van der Waals surface area contributed by atoms with Crippen LogP contribution in [0.25, 0.3) is 0 Å². The van der Waals surface area contributed by atoms with Crippen molar-refractivity contribution >= 4 is 33.8 Å². The van der Waals surface area contributed by atoms with Crippen molar-refractivity contribution in [3.8, 4) is 0 Å². The number of hydrogen-bond donors (Lipinski definition) is 3. The number of pyridine rings is 1. The van der Waals surface area contributed by atoms with Crippen molar-refractivity contribution in [2.75, 3.05) is 13.1 Å². The molecule has 1 aliphatic heterocycles. The van der Waals surface area contributed by atoms with Gasteiger partial charge in [0.05, 0.1) is 12.6 Å². The van der Waals surface area contributed by atoms with Crippen molar-refractivity contribution in [1.82, 2.24) is 25.2 Å². The van der Waals surface area contributed by atoms with E-state index in [-0.39, 0.29) is 36.9 Å².